The Kier molecular flexibility index (Phi) is 4.75. The average molecular weight is 279 g/mol. The lowest BCUT2D eigenvalue weighted by atomic mass is 9.98. The van der Waals surface area contributed by atoms with Crippen LogP contribution in [0.5, 0.6) is 5.75 Å². The topological polar surface area (TPSA) is 49.3 Å². The van der Waals surface area contributed by atoms with Gasteiger partial charge in [0.25, 0.3) is 0 Å². The monoisotopic (exact) mass is 279 g/mol. The van der Waals surface area contributed by atoms with Crippen molar-refractivity contribution in [3.05, 3.63) is 23.3 Å². The number of thioether (sulfide) groups is 1. The van der Waals surface area contributed by atoms with Crippen molar-refractivity contribution < 1.29 is 9.90 Å². The Morgan fingerprint density at radius 2 is 2.00 bits per heavy atom. The fourth-order valence-corrected chi connectivity index (χ4v) is 3.55. The van der Waals surface area contributed by atoms with Gasteiger partial charge in [0.1, 0.15) is 5.75 Å². The van der Waals surface area contributed by atoms with Crippen molar-refractivity contribution >= 4 is 23.4 Å². The maximum absolute atomic E-state index is 12.0. The van der Waals surface area contributed by atoms with Gasteiger partial charge in [0.2, 0.25) is 5.91 Å². The van der Waals surface area contributed by atoms with Crippen molar-refractivity contribution in [3.8, 4) is 5.75 Å². The van der Waals surface area contributed by atoms with Crippen molar-refractivity contribution in [2.75, 3.05) is 16.8 Å². The summed E-state index contributed by atoms with van der Waals surface area (Å²) in [4.78, 5) is 12.0. The van der Waals surface area contributed by atoms with Gasteiger partial charge in [-0.05, 0) is 67.4 Å². The van der Waals surface area contributed by atoms with Gasteiger partial charge < -0.3 is 10.4 Å². The first kappa shape index (κ1) is 14.3. The smallest absolute Gasteiger partial charge is 0.224 e. The Bertz CT molecular complexity index is 467. The number of carbonyl (C=O) groups is 1. The molecule has 0 saturated carbocycles. The van der Waals surface area contributed by atoms with Gasteiger partial charge in [-0.2, -0.15) is 11.8 Å². The van der Waals surface area contributed by atoms with E-state index in [1.807, 2.05) is 31.7 Å². The third kappa shape index (κ3) is 3.90. The predicted octanol–water partition coefficient (Wildman–Crippen LogP) is 3.48. The quantitative estimate of drug-likeness (QED) is 0.833. The molecule has 4 heteroatoms. The van der Waals surface area contributed by atoms with Gasteiger partial charge in [-0.3, -0.25) is 4.79 Å². The molecule has 2 N–H and O–H groups in total. The van der Waals surface area contributed by atoms with Gasteiger partial charge in [-0.25, -0.2) is 0 Å². The molecule has 0 atom stereocenters. The van der Waals surface area contributed by atoms with Crippen LogP contribution in [0.1, 0.15) is 30.4 Å². The Morgan fingerprint density at radius 1 is 1.32 bits per heavy atom. The molecule has 0 spiro atoms. The van der Waals surface area contributed by atoms with Crippen molar-refractivity contribution in [2.45, 2.75) is 33.1 Å². The molecule has 19 heavy (non-hydrogen) atoms. The third-order valence-corrected chi connectivity index (χ3v) is 4.68. The molecule has 0 unspecified atom stereocenters. The normalized spacial score (nSPS) is 16.3. The minimum absolute atomic E-state index is 0.0880. The van der Waals surface area contributed by atoms with Gasteiger partial charge in [-0.15, -0.1) is 0 Å². The summed E-state index contributed by atoms with van der Waals surface area (Å²) in [6, 6.07) is 3.53. The largest absolute Gasteiger partial charge is 0.508 e. The van der Waals surface area contributed by atoms with Crippen LogP contribution in [-0.4, -0.2) is 22.5 Å². The van der Waals surface area contributed by atoms with E-state index in [2.05, 4.69) is 5.32 Å². The second-order valence-electron chi connectivity index (χ2n) is 5.26. The van der Waals surface area contributed by atoms with Gasteiger partial charge in [0, 0.05) is 12.1 Å². The zero-order valence-corrected chi connectivity index (χ0v) is 12.3. The lowest BCUT2D eigenvalue weighted by Crippen LogP contribution is -2.20. The van der Waals surface area contributed by atoms with E-state index >= 15 is 0 Å². The molecule has 0 aliphatic carbocycles. The van der Waals surface area contributed by atoms with Crippen molar-refractivity contribution in [2.24, 2.45) is 5.92 Å². The minimum atomic E-state index is 0.0880. The van der Waals surface area contributed by atoms with Gasteiger partial charge >= 0.3 is 0 Å². The Balaban J connectivity index is 1.96. The maximum Gasteiger partial charge on any atom is 0.224 e. The zero-order valence-electron chi connectivity index (χ0n) is 11.5. The Hall–Kier alpha value is -1.16. The highest BCUT2D eigenvalue weighted by molar-refractivity contribution is 7.99. The highest BCUT2D eigenvalue weighted by Gasteiger charge is 2.17. The number of hydrogen-bond donors (Lipinski definition) is 2. The molecule has 1 aromatic rings. The Morgan fingerprint density at radius 3 is 2.68 bits per heavy atom. The summed E-state index contributed by atoms with van der Waals surface area (Å²) in [5, 5.41) is 12.6. The van der Waals surface area contributed by atoms with E-state index in [9.17, 15) is 9.90 Å². The number of aromatic hydroxyl groups is 1. The molecule has 1 saturated heterocycles. The Labute approximate surface area is 118 Å². The van der Waals surface area contributed by atoms with E-state index in [0.29, 0.717) is 12.3 Å². The van der Waals surface area contributed by atoms with Crippen LogP contribution in [0.2, 0.25) is 0 Å². The van der Waals surface area contributed by atoms with Crippen LogP contribution in [0.4, 0.5) is 5.69 Å². The van der Waals surface area contributed by atoms with Gasteiger partial charge in [0.15, 0.2) is 0 Å². The van der Waals surface area contributed by atoms with Crippen molar-refractivity contribution in [3.63, 3.8) is 0 Å². The first-order valence-electron chi connectivity index (χ1n) is 6.74. The van der Waals surface area contributed by atoms with Crippen LogP contribution in [0.3, 0.4) is 0 Å². The predicted molar refractivity (Wildman–Crippen MR) is 80.9 cm³/mol. The standard InChI is InChI=1S/C15H21NO2S/c1-10-8-14(17)11(2)7-13(10)16-15(18)9-12-3-5-19-6-4-12/h7-8,12,17H,3-6,9H2,1-2H3,(H,16,18). The lowest BCUT2D eigenvalue weighted by molar-refractivity contribution is -0.117. The molecule has 1 aliphatic rings. The summed E-state index contributed by atoms with van der Waals surface area (Å²) in [5.74, 6) is 3.24. The summed E-state index contributed by atoms with van der Waals surface area (Å²) < 4.78 is 0. The molecular formula is C15H21NO2S. The van der Waals surface area contributed by atoms with E-state index < -0.39 is 0 Å². The number of rotatable bonds is 3. The molecule has 1 amide bonds. The third-order valence-electron chi connectivity index (χ3n) is 3.63. The van der Waals surface area contributed by atoms with Crippen molar-refractivity contribution in [1.82, 2.24) is 0 Å². The van der Waals surface area contributed by atoms with Crippen LogP contribution < -0.4 is 5.32 Å². The van der Waals surface area contributed by atoms with Crippen molar-refractivity contribution in [1.29, 1.82) is 0 Å². The molecule has 3 nitrogen and oxygen atoms in total. The molecule has 0 bridgehead atoms. The zero-order chi connectivity index (χ0) is 13.8. The highest BCUT2D eigenvalue weighted by Crippen LogP contribution is 2.27. The van der Waals surface area contributed by atoms with E-state index in [0.717, 1.165) is 29.7 Å². The fraction of sp³-hybridized carbons (Fsp3) is 0.533. The number of anilines is 1. The SMILES string of the molecule is Cc1cc(NC(=O)CC2CCSCC2)c(C)cc1O. The summed E-state index contributed by atoms with van der Waals surface area (Å²) in [5.41, 5.74) is 2.50. The highest BCUT2D eigenvalue weighted by atomic mass is 32.2. The number of amides is 1. The van der Waals surface area contributed by atoms with Crippen LogP contribution in [0.25, 0.3) is 0 Å². The second kappa shape index (κ2) is 6.33. The first-order chi connectivity index (χ1) is 9.06. The summed E-state index contributed by atoms with van der Waals surface area (Å²) in [6.45, 7) is 3.73. The number of aryl methyl sites for hydroxylation is 2. The molecule has 2 rings (SSSR count). The molecule has 104 valence electrons. The maximum atomic E-state index is 12.0. The van der Waals surface area contributed by atoms with E-state index in [1.165, 1.54) is 11.5 Å². The number of benzene rings is 1. The summed E-state index contributed by atoms with van der Waals surface area (Å²) in [6.07, 6.45) is 2.90. The molecular weight excluding hydrogens is 258 g/mol. The number of nitrogens with one attached hydrogen (secondary N) is 1. The second-order valence-corrected chi connectivity index (χ2v) is 6.49. The minimum Gasteiger partial charge on any atom is -0.508 e. The molecule has 1 fully saturated rings. The molecule has 1 heterocycles. The fourth-order valence-electron chi connectivity index (χ4n) is 2.35. The average Bonchev–Trinajstić information content (AvgIpc) is 2.37. The molecule has 0 aromatic heterocycles. The van der Waals surface area contributed by atoms with Crippen LogP contribution in [0, 0.1) is 19.8 Å². The van der Waals surface area contributed by atoms with E-state index in [4.69, 9.17) is 0 Å². The van der Waals surface area contributed by atoms with Crippen LogP contribution >= 0.6 is 11.8 Å². The van der Waals surface area contributed by atoms with E-state index in [-0.39, 0.29) is 11.7 Å². The molecule has 0 radical (unpaired) electrons. The summed E-state index contributed by atoms with van der Waals surface area (Å²) in [7, 11) is 0. The van der Waals surface area contributed by atoms with Crippen LogP contribution in [0.15, 0.2) is 12.1 Å². The first-order valence-corrected chi connectivity index (χ1v) is 7.89. The number of carbonyl (C=O) groups excluding carboxylic acids is 1. The van der Waals surface area contributed by atoms with Crippen LogP contribution in [-0.2, 0) is 4.79 Å². The van der Waals surface area contributed by atoms with E-state index in [1.54, 1.807) is 6.07 Å². The summed E-state index contributed by atoms with van der Waals surface area (Å²) >= 11 is 1.98. The lowest BCUT2D eigenvalue weighted by Gasteiger charge is -2.21. The number of phenols is 1. The molecule has 1 aromatic carbocycles. The number of phenolic OH excluding ortho intramolecular Hbond substituents is 1. The van der Waals surface area contributed by atoms with Gasteiger partial charge in [0.05, 0.1) is 0 Å². The number of hydrogen-bond acceptors (Lipinski definition) is 3. The van der Waals surface area contributed by atoms with Gasteiger partial charge in [-0.1, -0.05) is 0 Å². The molecule has 1 aliphatic heterocycles.